The van der Waals surface area contributed by atoms with E-state index in [-0.39, 0.29) is 19.0 Å². The van der Waals surface area contributed by atoms with Crippen LogP contribution >= 0.6 is 35.8 Å². The second kappa shape index (κ2) is 11.1. The maximum Gasteiger partial charge on any atom is 0.255 e. The van der Waals surface area contributed by atoms with E-state index in [1.54, 1.807) is 28.6 Å². The summed E-state index contributed by atoms with van der Waals surface area (Å²) in [5.74, 6) is 0.992. The summed E-state index contributed by atoms with van der Waals surface area (Å²) in [6.07, 6.45) is 0.954. The van der Waals surface area contributed by atoms with Gasteiger partial charge in [0.05, 0.1) is 0 Å². The normalized spacial score (nSPS) is 10.3. The Morgan fingerprint density at radius 2 is 2.28 bits per heavy atom. The van der Waals surface area contributed by atoms with Crippen molar-refractivity contribution in [3.05, 3.63) is 28.8 Å². The van der Waals surface area contributed by atoms with Crippen molar-refractivity contribution in [3.8, 4) is 5.75 Å². The Morgan fingerprint density at radius 3 is 2.96 bits per heavy atom. The maximum atomic E-state index is 10.8. The number of aryl methyl sites for hydroxylation is 1. The molecule has 0 saturated carbocycles. The number of tetrazole rings is 1. The first-order chi connectivity index (χ1) is 11.6. The number of aromatic nitrogens is 4. The van der Waals surface area contributed by atoms with Crippen LogP contribution in [-0.2, 0) is 18.4 Å². The number of amides is 1. The van der Waals surface area contributed by atoms with Crippen LogP contribution in [-0.4, -0.2) is 45.0 Å². The highest BCUT2D eigenvalue weighted by Gasteiger charge is 2.07. The van der Waals surface area contributed by atoms with Crippen LogP contribution in [0.5, 0.6) is 5.75 Å². The molecule has 0 fully saturated rings. The average Bonchev–Trinajstić information content (AvgIpc) is 2.95. The molecule has 0 aliphatic heterocycles. The number of carbonyl (C=O) groups excluding carboxylic acids is 1. The number of rotatable bonds is 10. The Labute approximate surface area is 161 Å². The second-order valence-electron chi connectivity index (χ2n) is 4.97. The lowest BCUT2D eigenvalue weighted by Gasteiger charge is -2.11. The number of hydrogen-bond acceptors (Lipinski definition) is 7. The molecule has 0 aliphatic carbocycles. The predicted octanol–water partition coefficient (Wildman–Crippen LogP) is 1.42. The van der Waals surface area contributed by atoms with Gasteiger partial charge in [-0.1, -0.05) is 23.4 Å². The lowest BCUT2D eigenvalue weighted by molar-refractivity contribution is -0.119. The highest BCUT2D eigenvalue weighted by atomic mass is 35.5. The van der Waals surface area contributed by atoms with Gasteiger partial charge >= 0.3 is 0 Å². The van der Waals surface area contributed by atoms with E-state index in [1.165, 1.54) is 0 Å². The highest BCUT2D eigenvalue weighted by molar-refractivity contribution is 7.99. The van der Waals surface area contributed by atoms with Gasteiger partial charge in [0.15, 0.2) is 6.61 Å². The lowest BCUT2D eigenvalue weighted by Crippen LogP contribution is -2.21. The number of ether oxygens (including phenoxy) is 1. The standard InChI is InChI=1S/C14H19ClN6O2S.ClH/c1-21-14(18-19-20-21)24-6-2-5-17-8-10-7-11(15)3-4-12(10)23-9-13(16)22;/h3-4,7,17H,2,5-6,8-9H2,1H3,(H2,16,22);1H. The summed E-state index contributed by atoms with van der Waals surface area (Å²) >= 11 is 7.62. The van der Waals surface area contributed by atoms with Gasteiger partial charge < -0.3 is 15.8 Å². The quantitative estimate of drug-likeness (QED) is 0.453. The number of thioether (sulfide) groups is 1. The molecule has 0 atom stereocenters. The molecule has 11 heteroatoms. The van der Waals surface area contributed by atoms with Gasteiger partial charge in [-0.15, -0.1) is 17.5 Å². The Kier molecular flexibility index (Phi) is 9.58. The molecule has 0 saturated heterocycles. The van der Waals surface area contributed by atoms with Crippen LogP contribution < -0.4 is 15.8 Å². The fraction of sp³-hybridized carbons (Fsp3) is 0.429. The van der Waals surface area contributed by atoms with Gasteiger partial charge in [0.1, 0.15) is 5.75 Å². The molecular weight excluding hydrogens is 387 g/mol. The van der Waals surface area contributed by atoms with Crippen LogP contribution in [0.4, 0.5) is 0 Å². The molecule has 3 N–H and O–H groups in total. The number of halogens is 2. The van der Waals surface area contributed by atoms with Crippen LogP contribution in [0.15, 0.2) is 23.4 Å². The molecule has 0 aliphatic rings. The Balaban J connectivity index is 0.00000312. The molecule has 0 bridgehead atoms. The van der Waals surface area contributed by atoms with Crippen molar-refractivity contribution in [1.29, 1.82) is 0 Å². The number of nitrogens with zero attached hydrogens (tertiary/aromatic N) is 4. The van der Waals surface area contributed by atoms with E-state index >= 15 is 0 Å². The summed E-state index contributed by atoms with van der Waals surface area (Å²) < 4.78 is 7.04. The van der Waals surface area contributed by atoms with Crippen LogP contribution in [0, 0.1) is 0 Å². The van der Waals surface area contributed by atoms with Crippen molar-refractivity contribution in [2.24, 2.45) is 12.8 Å². The summed E-state index contributed by atoms with van der Waals surface area (Å²) in [6.45, 7) is 1.25. The van der Waals surface area contributed by atoms with Crippen LogP contribution in [0.2, 0.25) is 5.02 Å². The van der Waals surface area contributed by atoms with E-state index in [0.29, 0.717) is 17.3 Å². The van der Waals surface area contributed by atoms with Gasteiger partial charge in [-0.05, 0) is 41.6 Å². The molecule has 0 radical (unpaired) electrons. The molecule has 2 rings (SSSR count). The largest absolute Gasteiger partial charge is 0.483 e. The molecule has 1 aromatic carbocycles. The molecule has 1 amide bonds. The van der Waals surface area contributed by atoms with E-state index in [4.69, 9.17) is 22.1 Å². The first-order valence-corrected chi connectivity index (χ1v) is 8.68. The maximum absolute atomic E-state index is 10.8. The van der Waals surface area contributed by atoms with E-state index in [2.05, 4.69) is 20.8 Å². The zero-order chi connectivity index (χ0) is 17.4. The smallest absolute Gasteiger partial charge is 0.255 e. The minimum Gasteiger partial charge on any atom is -0.483 e. The van der Waals surface area contributed by atoms with Crippen molar-refractivity contribution in [1.82, 2.24) is 25.5 Å². The third kappa shape index (κ3) is 7.47. The Hall–Kier alpha value is -1.55. The molecule has 0 spiro atoms. The highest BCUT2D eigenvalue weighted by Crippen LogP contribution is 2.23. The van der Waals surface area contributed by atoms with Crippen LogP contribution in [0.3, 0.4) is 0 Å². The minimum atomic E-state index is -0.515. The third-order valence-corrected chi connectivity index (χ3v) is 4.35. The number of carbonyl (C=O) groups is 1. The van der Waals surface area contributed by atoms with Crippen molar-refractivity contribution >= 4 is 41.7 Å². The first kappa shape index (κ1) is 21.5. The van der Waals surface area contributed by atoms with E-state index in [1.807, 2.05) is 13.1 Å². The van der Waals surface area contributed by atoms with Crippen molar-refractivity contribution in [2.45, 2.75) is 18.1 Å². The lowest BCUT2D eigenvalue weighted by atomic mass is 10.2. The van der Waals surface area contributed by atoms with Gasteiger partial charge in [-0.2, -0.15) is 0 Å². The summed E-state index contributed by atoms with van der Waals surface area (Å²) in [7, 11) is 1.81. The second-order valence-corrected chi connectivity index (χ2v) is 6.47. The van der Waals surface area contributed by atoms with Crippen LogP contribution in [0.1, 0.15) is 12.0 Å². The van der Waals surface area contributed by atoms with Gasteiger partial charge in [-0.25, -0.2) is 4.68 Å². The molecule has 8 nitrogen and oxygen atoms in total. The number of primary amides is 1. The first-order valence-electron chi connectivity index (χ1n) is 7.31. The van der Waals surface area contributed by atoms with E-state index < -0.39 is 5.91 Å². The number of benzene rings is 1. The fourth-order valence-corrected chi connectivity index (χ4v) is 2.89. The Bertz CT molecular complexity index is 685. The average molecular weight is 407 g/mol. The molecular formula is C14H20Cl2N6O2S. The SMILES string of the molecule is Cl.Cn1nnnc1SCCCNCc1cc(Cl)ccc1OCC(N)=O. The van der Waals surface area contributed by atoms with Gasteiger partial charge in [-0.3, -0.25) is 4.79 Å². The summed E-state index contributed by atoms with van der Waals surface area (Å²) in [5.41, 5.74) is 5.99. The predicted molar refractivity (Wildman–Crippen MR) is 99.2 cm³/mol. The summed E-state index contributed by atoms with van der Waals surface area (Å²) in [6, 6.07) is 5.26. The molecule has 0 unspecified atom stereocenters. The van der Waals surface area contributed by atoms with Gasteiger partial charge in [0, 0.05) is 29.9 Å². The monoisotopic (exact) mass is 406 g/mol. The summed E-state index contributed by atoms with van der Waals surface area (Å²) in [4.78, 5) is 10.8. The van der Waals surface area contributed by atoms with E-state index in [9.17, 15) is 4.79 Å². The van der Waals surface area contributed by atoms with E-state index in [0.717, 1.165) is 29.4 Å². The van der Waals surface area contributed by atoms with Crippen LogP contribution in [0.25, 0.3) is 0 Å². The molecule has 138 valence electrons. The minimum absolute atomic E-state index is 0. The number of nitrogens with two attached hydrogens (primary N) is 1. The van der Waals surface area contributed by atoms with Crippen molar-refractivity contribution in [3.63, 3.8) is 0 Å². The zero-order valence-corrected chi connectivity index (χ0v) is 16.0. The van der Waals surface area contributed by atoms with Gasteiger partial charge in [0.2, 0.25) is 5.16 Å². The number of hydrogen-bond donors (Lipinski definition) is 2. The van der Waals surface area contributed by atoms with Gasteiger partial charge in [0.25, 0.3) is 5.91 Å². The van der Waals surface area contributed by atoms with Crippen molar-refractivity contribution < 1.29 is 9.53 Å². The molecule has 2 aromatic rings. The number of nitrogens with one attached hydrogen (secondary N) is 1. The Morgan fingerprint density at radius 1 is 1.48 bits per heavy atom. The summed E-state index contributed by atoms with van der Waals surface area (Å²) in [5, 5.41) is 16.0. The fourth-order valence-electron chi connectivity index (χ4n) is 1.90. The molecule has 1 aromatic heterocycles. The zero-order valence-electron chi connectivity index (χ0n) is 13.6. The molecule has 1 heterocycles. The third-order valence-electron chi connectivity index (χ3n) is 3.02. The topological polar surface area (TPSA) is 108 Å². The van der Waals surface area contributed by atoms with Crippen molar-refractivity contribution in [2.75, 3.05) is 18.9 Å². The molecule has 25 heavy (non-hydrogen) atoms.